The minimum Gasteiger partial charge on any atom is -0.372 e. The standard InChI is InChI=1S/C13H17F2NO/c1-8-7-17-12(6-16-9(8)2)10-4-3-5-11(14)13(10)15/h3-5,8-9,12,16H,6-7H2,1-2H3. The van der Waals surface area contributed by atoms with Crippen LogP contribution in [0.4, 0.5) is 8.78 Å². The monoisotopic (exact) mass is 241 g/mol. The van der Waals surface area contributed by atoms with Crippen molar-refractivity contribution in [2.24, 2.45) is 5.92 Å². The Balaban J connectivity index is 2.20. The topological polar surface area (TPSA) is 21.3 Å². The van der Waals surface area contributed by atoms with Gasteiger partial charge in [0.25, 0.3) is 0 Å². The molecule has 0 spiro atoms. The Labute approximate surface area is 100.0 Å². The highest BCUT2D eigenvalue weighted by Crippen LogP contribution is 2.25. The number of hydrogen-bond acceptors (Lipinski definition) is 2. The fourth-order valence-corrected chi connectivity index (χ4v) is 1.93. The zero-order valence-electron chi connectivity index (χ0n) is 10.0. The Kier molecular flexibility index (Phi) is 3.74. The summed E-state index contributed by atoms with van der Waals surface area (Å²) in [5, 5.41) is 3.28. The van der Waals surface area contributed by atoms with E-state index in [2.05, 4.69) is 19.2 Å². The van der Waals surface area contributed by atoms with Crippen LogP contribution in [-0.4, -0.2) is 19.2 Å². The van der Waals surface area contributed by atoms with E-state index in [0.29, 0.717) is 30.7 Å². The lowest BCUT2D eigenvalue weighted by atomic mass is 10.1. The Morgan fingerprint density at radius 3 is 2.82 bits per heavy atom. The summed E-state index contributed by atoms with van der Waals surface area (Å²) < 4.78 is 32.4. The summed E-state index contributed by atoms with van der Waals surface area (Å²) in [4.78, 5) is 0. The van der Waals surface area contributed by atoms with E-state index in [9.17, 15) is 8.78 Å². The number of halogens is 2. The molecule has 1 aromatic carbocycles. The van der Waals surface area contributed by atoms with Gasteiger partial charge in [0.15, 0.2) is 11.6 Å². The van der Waals surface area contributed by atoms with Gasteiger partial charge in [-0.3, -0.25) is 0 Å². The lowest BCUT2D eigenvalue weighted by Crippen LogP contribution is -2.32. The lowest BCUT2D eigenvalue weighted by Gasteiger charge is -2.16. The van der Waals surface area contributed by atoms with E-state index in [0.717, 1.165) is 6.07 Å². The van der Waals surface area contributed by atoms with Crippen LogP contribution >= 0.6 is 0 Å². The Bertz CT molecular complexity index is 385. The second kappa shape index (κ2) is 5.10. The average Bonchev–Trinajstić information content (AvgIpc) is 2.47. The summed E-state index contributed by atoms with van der Waals surface area (Å²) in [6.45, 7) is 5.20. The first kappa shape index (κ1) is 12.5. The first-order valence-corrected chi connectivity index (χ1v) is 5.88. The Hall–Kier alpha value is -1.00. The molecule has 0 aliphatic carbocycles. The van der Waals surface area contributed by atoms with Gasteiger partial charge in [-0.1, -0.05) is 19.1 Å². The molecule has 3 unspecified atom stereocenters. The molecule has 0 aromatic heterocycles. The molecule has 1 aliphatic heterocycles. The molecule has 1 fully saturated rings. The highest BCUT2D eigenvalue weighted by atomic mass is 19.2. The molecule has 3 atom stereocenters. The largest absolute Gasteiger partial charge is 0.372 e. The van der Waals surface area contributed by atoms with Crippen LogP contribution in [0.3, 0.4) is 0 Å². The van der Waals surface area contributed by atoms with Gasteiger partial charge in [0, 0.05) is 18.2 Å². The fraction of sp³-hybridized carbons (Fsp3) is 0.538. The van der Waals surface area contributed by atoms with Crippen LogP contribution in [0.15, 0.2) is 18.2 Å². The summed E-state index contributed by atoms with van der Waals surface area (Å²) in [6, 6.07) is 4.52. The normalized spacial score (nSPS) is 30.0. The molecule has 4 heteroatoms. The van der Waals surface area contributed by atoms with Gasteiger partial charge in [-0.2, -0.15) is 0 Å². The third-order valence-electron chi connectivity index (χ3n) is 3.37. The first-order valence-electron chi connectivity index (χ1n) is 5.88. The van der Waals surface area contributed by atoms with Gasteiger partial charge in [-0.25, -0.2) is 8.78 Å². The van der Waals surface area contributed by atoms with Crippen molar-refractivity contribution < 1.29 is 13.5 Å². The van der Waals surface area contributed by atoms with Gasteiger partial charge < -0.3 is 10.1 Å². The first-order chi connectivity index (χ1) is 8.09. The third kappa shape index (κ3) is 2.64. The van der Waals surface area contributed by atoms with Gasteiger partial charge in [0.1, 0.15) is 0 Å². The molecule has 0 radical (unpaired) electrons. The summed E-state index contributed by atoms with van der Waals surface area (Å²) in [5.41, 5.74) is 0.291. The summed E-state index contributed by atoms with van der Waals surface area (Å²) >= 11 is 0. The van der Waals surface area contributed by atoms with Crippen molar-refractivity contribution in [1.29, 1.82) is 0 Å². The number of hydrogen-bond donors (Lipinski definition) is 1. The van der Waals surface area contributed by atoms with E-state index >= 15 is 0 Å². The smallest absolute Gasteiger partial charge is 0.164 e. The lowest BCUT2D eigenvalue weighted by molar-refractivity contribution is 0.0470. The molecule has 2 nitrogen and oxygen atoms in total. The number of nitrogens with one attached hydrogen (secondary N) is 1. The molecular formula is C13H17F2NO. The second-order valence-corrected chi connectivity index (χ2v) is 4.64. The Morgan fingerprint density at radius 1 is 1.29 bits per heavy atom. The zero-order chi connectivity index (χ0) is 12.4. The molecule has 94 valence electrons. The van der Waals surface area contributed by atoms with Gasteiger partial charge in [0.05, 0.1) is 12.7 Å². The van der Waals surface area contributed by atoms with E-state index in [1.54, 1.807) is 6.07 Å². The number of ether oxygens (including phenoxy) is 1. The van der Waals surface area contributed by atoms with Crippen LogP contribution in [0, 0.1) is 17.6 Å². The van der Waals surface area contributed by atoms with Crippen LogP contribution in [0.1, 0.15) is 25.5 Å². The van der Waals surface area contributed by atoms with E-state index in [1.807, 2.05) is 0 Å². The van der Waals surface area contributed by atoms with Crippen LogP contribution < -0.4 is 5.32 Å². The summed E-state index contributed by atoms with van der Waals surface area (Å²) in [5.74, 6) is -1.27. The van der Waals surface area contributed by atoms with Crippen LogP contribution in [0.5, 0.6) is 0 Å². The summed E-state index contributed by atoms with van der Waals surface area (Å²) in [7, 11) is 0. The SMILES string of the molecule is CC1COC(c2cccc(F)c2F)CNC1C. The molecule has 1 N–H and O–H groups in total. The molecular weight excluding hydrogens is 224 g/mol. The van der Waals surface area contributed by atoms with E-state index in [-0.39, 0.29) is 0 Å². The Morgan fingerprint density at radius 2 is 2.06 bits per heavy atom. The minimum absolute atomic E-state index is 0.291. The average molecular weight is 241 g/mol. The highest BCUT2D eigenvalue weighted by molar-refractivity contribution is 5.22. The highest BCUT2D eigenvalue weighted by Gasteiger charge is 2.25. The molecule has 0 saturated carbocycles. The van der Waals surface area contributed by atoms with Crippen LogP contribution in [0.2, 0.25) is 0 Å². The van der Waals surface area contributed by atoms with Gasteiger partial charge in [0.2, 0.25) is 0 Å². The van der Waals surface area contributed by atoms with E-state index < -0.39 is 17.7 Å². The molecule has 0 amide bonds. The predicted molar refractivity (Wildman–Crippen MR) is 61.7 cm³/mol. The number of benzene rings is 1. The van der Waals surface area contributed by atoms with E-state index in [4.69, 9.17) is 4.74 Å². The maximum atomic E-state index is 13.6. The second-order valence-electron chi connectivity index (χ2n) is 4.64. The summed E-state index contributed by atoms with van der Waals surface area (Å²) in [6.07, 6.45) is -0.418. The quantitative estimate of drug-likeness (QED) is 0.816. The van der Waals surface area contributed by atoms with Gasteiger partial charge in [-0.15, -0.1) is 0 Å². The molecule has 1 aliphatic rings. The maximum Gasteiger partial charge on any atom is 0.164 e. The van der Waals surface area contributed by atoms with Crippen molar-refractivity contribution in [3.63, 3.8) is 0 Å². The van der Waals surface area contributed by atoms with E-state index in [1.165, 1.54) is 6.07 Å². The fourth-order valence-electron chi connectivity index (χ4n) is 1.93. The van der Waals surface area contributed by atoms with Gasteiger partial charge >= 0.3 is 0 Å². The third-order valence-corrected chi connectivity index (χ3v) is 3.37. The predicted octanol–water partition coefficient (Wildman–Crippen LogP) is 2.65. The van der Waals surface area contributed by atoms with Crippen molar-refractivity contribution in [3.8, 4) is 0 Å². The molecule has 2 rings (SSSR count). The van der Waals surface area contributed by atoms with Crippen molar-refractivity contribution in [1.82, 2.24) is 5.32 Å². The number of rotatable bonds is 1. The van der Waals surface area contributed by atoms with Crippen LogP contribution in [0.25, 0.3) is 0 Å². The van der Waals surface area contributed by atoms with Crippen molar-refractivity contribution in [3.05, 3.63) is 35.4 Å². The molecule has 17 heavy (non-hydrogen) atoms. The zero-order valence-corrected chi connectivity index (χ0v) is 10.0. The van der Waals surface area contributed by atoms with Crippen molar-refractivity contribution in [2.75, 3.05) is 13.2 Å². The minimum atomic E-state index is -0.823. The maximum absolute atomic E-state index is 13.6. The molecule has 1 heterocycles. The van der Waals surface area contributed by atoms with Crippen LogP contribution in [-0.2, 0) is 4.74 Å². The van der Waals surface area contributed by atoms with Crippen molar-refractivity contribution in [2.45, 2.75) is 26.0 Å². The van der Waals surface area contributed by atoms with Gasteiger partial charge in [-0.05, 0) is 18.9 Å². The molecule has 0 bridgehead atoms. The molecule has 1 saturated heterocycles. The molecule has 1 aromatic rings. The van der Waals surface area contributed by atoms with Crippen molar-refractivity contribution >= 4 is 0 Å².